The summed E-state index contributed by atoms with van der Waals surface area (Å²) in [6, 6.07) is 8.39. The van der Waals surface area contributed by atoms with Crippen molar-refractivity contribution >= 4 is 10.0 Å². The van der Waals surface area contributed by atoms with Crippen LogP contribution in [0.15, 0.2) is 47.9 Å². The summed E-state index contributed by atoms with van der Waals surface area (Å²) in [5, 5.41) is 0. The van der Waals surface area contributed by atoms with Gasteiger partial charge in [0, 0.05) is 6.54 Å². The Morgan fingerprint density at radius 2 is 1.88 bits per heavy atom. The highest BCUT2D eigenvalue weighted by Gasteiger charge is 2.20. The van der Waals surface area contributed by atoms with Crippen LogP contribution in [0.1, 0.15) is 20.3 Å². The molecule has 0 aliphatic carbocycles. The first kappa shape index (κ1) is 13.9. The van der Waals surface area contributed by atoms with Crippen molar-refractivity contribution in [3.8, 4) is 0 Å². The molecule has 0 aliphatic rings. The van der Waals surface area contributed by atoms with Gasteiger partial charge in [0.05, 0.1) is 4.90 Å². The monoisotopic (exact) mass is 253 g/mol. The second-order valence-electron chi connectivity index (χ2n) is 4.79. The third-order valence-corrected chi connectivity index (χ3v) is 3.91. The topological polar surface area (TPSA) is 46.2 Å². The number of rotatable bonds is 6. The van der Waals surface area contributed by atoms with Crippen LogP contribution in [0, 0.1) is 5.41 Å². The molecule has 1 N–H and O–H groups in total. The van der Waals surface area contributed by atoms with Gasteiger partial charge in [-0.1, -0.05) is 38.1 Å². The minimum absolute atomic E-state index is 0.121. The Morgan fingerprint density at radius 1 is 1.29 bits per heavy atom. The molecule has 3 nitrogen and oxygen atoms in total. The molecule has 0 atom stereocenters. The Bertz CT molecular complexity index is 463. The van der Waals surface area contributed by atoms with E-state index in [1.165, 1.54) is 0 Å². The highest BCUT2D eigenvalue weighted by Crippen LogP contribution is 2.20. The van der Waals surface area contributed by atoms with Crippen LogP contribution in [0.5, 0.6) is 0 Å². The van der Waals surface area contributed by atoms with Gasteiger partial charge in [-0.3, -0.25) is 0 Å². The second-order valence-corrected chi connectivity index (χ2v) is 6.56. The van der Waals surface area contributed by atoms with E-state index in [0.29, 0.717) is 11.4 Å². The van der Waals surface area contributed by atoms with E-state index in [2.05, 4.69) is 11.3 Å². The molecule has 0 spiro atoms. The molecule has 1 aromatic rings. The first-order chi connectivity index (χ1) is 7.87. The second kappa shape index (κ2) is 5.47. The van der Waals surface area contributed by atoms with E-state index in [1.807, 2.05) is 13.8 Å². The Kier molecular flexibility index (Phi) is 4.48. The SMILES string of the molecule is C=CCC(C)(C)CNS(=O)(=O)c1ccccc1. The first-order valence-electron chi connectivity index (χ1n) is 5.53. The molecule has 0 aromatic heterocycles. The smallest absolute Gasteiger partial charge is 0.211 e. The summed E-state index contributed by atoms with van der Waals surface area (Å²) in [5.74, 6) is 0. The van der Waals surface area contributed by atoms with Crippen molar-refractivity contribution in [2.45, 2.75) is 25.2 Å². The molecule has 0 fully saturated rings. The number of allylic oxidation sites excluding steroid dienone is 1. The maximum atomic E-state index is 11.9. The lowest BCUT2D eigenvalue weighted by Crippen LogP contribution is -2.33. The van der Waals surface area contributed by atoms with E-state index in [1.54, 1.807) is 36.4 Å². The number of hydrogen-bond donors (Lipinski definition) is 1. The molecule has 0 bridgehead atoms. The summed E-state index contributed by atoms with van der Waals surface area (Å²) >= 11 is 0. The number of sulfonamides is 1. The van der Waals surface area contributed by atoms with Crippen molar-refractivity contribution in [3.05, 3.63) is 43.0 Å². The van der Waals surface area contributed by atoms with Crippen molar-refractivity contribution in [2.24, 2.45) is 5.41 Å². The third kappa shape index (κ3) is 4.32. The number of benzene rings is 1. The molecular weight excluding hydrogens is 234 g/mol. The Balaban J connectivity index is 2.72. The third-order valence-electron chi connectivity index (χ3n) is 2.49. The minimum Gasteiger partial charge on any atom is -0.211 e. The predicted molar refractivity (Wildman–Crippen MR) is 70.2 cm³/mol. The Morgan fingerprint density at radius 3 is 2.41 bits per heavy atom. The van der Waals surface area contributed by atoms with Crippen LogP contribution in [0.4, 0.5) is 0 Å². The first-order valence-corrected chi connectivity index (χ1v) is 7.01. The van der Waals surface area contributed by atoms with E-state index in [-0.39, 0.29) is 5.41 Å². The summed E-state index contributed by atoms with van der Waals surface area (Å²) in [6.07, 6.45) is 2.57. The number of hydrogen-bond acceptors (Lipinski definition) is 2. The van der Waals surface area contributed by atoms with E-state index in [4.69, 9.17) is 0 Å². The van der Waals surface area contributed by atoms with Crippen molar-refractivity contribution in [1.29, 1.82) is 0 Å². The van der Waals surface area contributed by atoms with Gasteiger partial charge in [-0.25, -0.2) is 13.1 Å². The van der Waals surface area contributed by atoms with Gasteiger partial charge in [-0.05, 0) is 24.0 Å². The fourth-order valence-electron chi connectivity index (χ4n) is 1.44. The summed E-state index contributed by atoms with van der Waals surface area (Å²) in [7, 11) is -3.40. The van der Waals surface area contributed by atoms with Crippen LogP contribution < -0.4 is 4.72 Å². The average Bonchev–Trinajstić information content (AvgIpc) is 2.28. The molecule has 0 aliphatic heterocycles. The van der Waals surface area contributed by atoms with Crippen LogP contribution in [-0.2, 0) is 10.0 Å². The zero-order chi connectivity index (χ0) is 12.9. The van der Waals surface area contributed by atoms with Crippen LogP contribution in [0.25, 0.3) is 0 Å². The summed E-state index contributed by atoms with van der Waals surface area (Å²) in [5.41, 5.74) is -0.121. The van der Waals surface area contributed by atoms with E-state index in [0.717, 1.165) is 6.42 Å². The molecule has 1 rings (SSSR count). The van der Waals surface area contributed by atoms with Crippen LogP contribution in [-0.4, -0.2) is 15.0 Å². The molecule has 0 saturated heterocycles. The molecule has 0 unspecified atom stereocenters. The fraction of sp³-hybridized carbons (Fsp3) is 0.385. The standard InChI is InChI=1S/C13H19NO2S/c1-4-10-13(2,3)11-14-17(15,16)12-8-6-5-7-9-12/h4-9,14H,1,10-11H2,2-3H3. The molecule has 0 amide bonds. The molecule has 17 heavy (non-hydrogen) atoms. The summed E-state index contributed by atoms with van der Waals surface area (Å²) < 4.78 is 26.5. The predicted octanol–water partition coefficient (Wildman–Crippen LogP) is 2.57. The fourth-order valence-corrected chi connectivity index (χ4v) is 2.70. The van der Waals surface area contributed by atoms with Crippen molar-refractivity contribution in [1.82, 2.24) is 4.72 Å². The quantitative estimate of drug-likeness (QED) is 0.792. The van der Waals surface area contributed by atoms with Crippen LogP contribution in [0.3, 0.4) is 0 Å². The summed E-state index contributed by atoms with van der Waals surface area (Å²) in [4.78, 5) is 0.300. The average molecular weight is 253 g/mol. The summed E-state index contributed by atoms with van der Waals surface area (Å²) in [6.45, 7) is 8.07. The molecule has 94 valence electrons. The van der Waals surface area contributed by atoms with Crippen molar-refractivity contribution in [3.63, 3.8) is 0 Å². The highest BCUT2D eigenvalue weighted by molar-refractivity contribution is 7.89. The van der Waals surface area contributed by atoms with Gasteiger partial charge in [-0.15, -0.1) is 6.58 Å². The Hall–Kier alpha value is -1.13. The Labute approximate surface area is 104 Å². The molecule has 4 heteroatoms. The van der Waals surface area contributed by atoms with Crippen LogP contribution >= 0.6 is 0 Å². The van der Waals surface area contributed by atoms with Gasteiger partial charge in [0.2, 0.25) is 10.0 Å². The number of nitrogens with one attached hydrogen (secondary N) is 1. The molecule has 0 radical (unpaired) electrons. The van der Waals surface area contributed by atoms with Gasteiger partial charge < -0.3 is 0 Å². The van der Waals surface area contributed by atoms with Gasteiger partial charge in [0.25, 0.3) is 0 Å². The normalized spacial score (nSPS) is 12.4. The maximum Gasteiger partial charge on any atom is 0.240 e. The zero-order valence-corrected chi connectivity index (χ0v) is 11.1. The van der Waals surface area contributed by atoms with E-state index >= 15 is 0 Å². The van der Waals surface area contributed by atoms with Gasteiger partial charge in [0.1, 0.15) is 0 Å². The van der Waals surface area contributed by atoms with Gasteiger partial charge in [0.15, 0.2) is 0 Å². The maximum absolute atomic E-state index is 11.9. The lowest BCUT2D eigenvalue weighted by molar-refractivity contribution is 0.369. The van der Waals surface area contributed by atoms with E-state index < -0.39 is 10.0 Å². The molecule has 0 saturated carbocycles. The van der Waals surface area contributed by atoms with E-state index in [9.17, 15) is 8.42 Å². The molecular formula is C13H19NO2S. The largest absolute Gasteiger partial charge is 0.240 e. The van der Waals surface area contributed by atoms with Crippen molar-refractivity contribution in [2.75, 3.05) is 6.54 Å². The van der Waals surface area contributed by atoms with Gasteiger partial charge >= 0.3 is 0 Å². The van der Waals surface area contributed by atoms with Crippen LogP contribution in [0.2, 0.25) is 0 Å². The molecule has 1 aromatic carbocycles. The van der Waals surface area contributed by atoms with Crippen molar-refractivity contribution < 1.29 is 8.42 Å². The lowest BCUT2D eigenvalue weighted by Gasteiger charge is -2.23. The zero-order valence-electron chi connectivity index (χ0n) is 10.3. The molecule has 0 heterocycles. The minimum atomic E-state index is -3.40. The highest BCUT2D eigenvalue weighted by atomic mass is 32.2. The van der Waals surface area contributed by atoms with Gasteiger partial charge in [-0.2, -0.15) is 0 Å². The lowest BCUT2D eigenvalue weighted by atomic mass is 9.90.